The molecule has 1 aliphatic heterocycles. The minimum atomic E-state index is -0.0644. The second-order valence-electron chi connectivity index (χ2n) is 4.41. The largest absolute Gasteiger partial charge is 0.385 e. The van der Waals surface area contributed by atoms with Gasteiger partial charge in [0.15, 0.2) is 0 Å². The van der Waals surface area contributed by atoms with E-state index in [1.165, 1.54) is 11.8 Å². The molecular weight excluding hydrogens is 304 g/mol. The van der Waals surface area contributed by atoms with Gasteiger partial charge in [0.2, 0.25) is 0 Å². The zero-order chi connectivity index (χ0) is 15.2. The molecule has 1 amide bonds. The summed E-state index contributed by atoms with van der Waals surface area (Å²) in [7, 11) is 1.63. The minimum Gasteiger partial charge on any atom is -0.385 e. The topological polar surface area (TPSA) is 53.3 Å². The molecule has 6 heteroatoms. The third-order valence-electron chi connectivity index (χ3n) is 2.94. The van der Waals surface area contributed by atoms with E-state index in [4.69, 9.17) is 22.2 Å². The zero-order valence-electron chi connectivity index (χ0n) is 11.5. The highest BCUT2D eigenvalue weighted by Gasteiger charge is 2.31. The Hall–Kier alpha value is -1.68. The Morgan fingerprint density at radius 3 is 2.76 bits per heavy atom. The Morgan fingerprint density at radius 2 is 2.14 bits per heavy atom. The molecule has 0 radical (unpaired) electrons. The molecular formula is C15H14N2O2S2. The summed E-state index contributed by atoms with van der Waals surface area (Å²) in [5.41, 5.74) is 1.48. The van der Waals surface area contributed by atoms with Gasteiger partial charge in [-0.2, -0.15) is 5.26 Å². The minimum absolute atomic E-state index is 0.0644. The van der Waals surface area contributed by atoms with E-state index < -0.39 is 0 Å². The van der Waals surface area contributed by atoms with Crippen LogP contribution in [0.3, 0.4) is 0 Å². The van der Waals surface area contributed by atoms with Gasteiger partial charge < -0.3 is 4.74 Å². The molecule has 1 fully saturated rings. The summed E-state index contributed by atoms with van der Waals surface area (Å²) in [6, 6.07) is 9.15. The van der Waals surface area contributed by atoms with E-state index >= 15 is 0 Å². The highest BCUT2D eigenvalue weighted by Crippen LogP contribution is 2.32. The van der Waals surface area contributed by atoms with Crippen molar-refractivity contribution in [3.05, 3.63) is 40.3 Å². The Bertz CT molecular complexity index is 618. The Labute approximate surface area is 133 Å². The van der Waals surface area contributed by atoms with E-state index in [0.717, 1.165) is 12.0 Å². The summed E-state index contributed by atoms with van der Waals surface area (Å²) in [6.07, 6.45) is 2.56. The summed E-state index contributed by atoms with van der Waals surface area (Å²) in [6.45, 7) is 1.18. The molecule has 0 aliphatic carbocycles. The van der Waals surface area contributed by atoms with E-state index in [2.05, 4.69) is 6.07 Å². The summed E-state index contributed by atoms with van der Waals surface area (Å²) in [5.74, 6) is -0.0644. The number of nitriles is 1. The van der Waals surface area contributed by atoms with Gasteiger partial charge in [-0.25, -0.2) is 0 Å². The summed E-state index contributed by atoms with van der Waals surface area (Å²) < 4.78 is 5.57. The van der Waals surface area contributed by atoms with Crippen LogP contribution in [-0.4, -0.2) is 35.4 Å². The van der Waals surface area contributed by atoms with Crippen LogP contribution in [0, 0.1) is 11.3 Å². The second kappa shape index (κ2) is 7.36. The molecule has 1 aromatic carbocycles. The van der Waals surface area contributed by atoms with Gasteiger partial charge in [-0.05, 0) is 30.2 Å². The predicted octanol–water partition coefficient (Wildman–Crippen LogP) is 2.80. The molecule has 21 heavy (non-hydrogen) atoms. The monoisotopic (exact) mass is 318 g/mol. The average molecular weight is 318 g/mol. The lowest BCUT2D eigenvalue weighted by molar-refractivity contribution is -0.122. The van der Waals surface area contributed by atoms with Crippen molar-refractivity contribution in [2.45, 2.75) is 6.42 Å². The number of nitrogens with zero attached hydrogens (tertiary/aromatic N) is 2. The van der Waals surface area contributed by atoms with Crippen LogP contribution in [0.25, 0.3) is 6.08 Å². The molecule has 4 nitrogen and oxygen atoms in total. The van der Waals surface area contributed by atoms with Crippen molar-refractivity contribution in [2.24, 2.45) is 0 Å². The van der Waals surface area contributed by atoms with Crippen LogP contribution in [0.1, 0.15) is 17.5 Å². The molecule has 2 rings (SSSR count). The number of rotatable bonds is 5. The average Bonchev–Trinajstić information content (AvgIpc) is 2.75. The summed E-state index contributed by atoms with van der Waals surface area (Å²) >= 11 is 6.55. The number of ether oxygens (including phenoxy) is 1. The number of thiocarbonyl (C=S) groups is 1. The molecule has 0 atom stereocenters. The van der Waals surface area contributed by atoms with Gasteiger partial charge in [0.1, 0.15) is 4.32 Å². The number of hydrogen-bond acceptors (Lipinski definition) is 5. The maximum absolute atomic E-state index is 12.3. The fourth-order valence-electron chi connectivity index (χ4n) is 1.87. The third kappa shape index (κ3) is 3.91. The van der Waals surface area contributed by atoms with Gasteiger partial charge in [0.05, 0.1) is 16.5 Å². The quantitative estimate of drug-likeness (QED) is 0.475. The van der Waals surface area contributed by atoms with Crippen molar-refractivity contribution in [1.82, 2.24) is 4.90 Å². The fraction of sp³-hybridized carbons (Fsp3) is 0.267. The number of carbonyl (C=O) groups is 1. The van der Waals surface area contributed by atoms with Crippen LogP contribution in [-0.2, 0) is 9.53 Å². The van der Waals surface area contributed by atoms with Gasteiger partial charge in [-0.1, -0.05) is 36.1 Å². The van der Waals surface area contributed by atoms with Crippen molar-refractivity contribution in [3.63, 3.8) is 0 Å². The first-order valence-corrected chi connectivity index (χ1v) is 7.62. The van der Waals surface area contributed by atoms with E-state index in [1.807, 2.05) is 12.1 Å². The number of hydrogen-bond donors (Lipinski definition) is 0. The first kappa shape index (κ1) is 15.7. The predicted molar refractivity (Wildman–Crippen MR) is 87.5 cm³/mol. The van der Waals surface area contributed by atoms with E-state index in [-0.39, 0.29) is 5.91 Å². The second-order valence-corrected chi connectivity index (χ2v) is 6.09. The Balaban J connectivity index is 2.10. The smallest absolute Gasteiger partial charge is 0.266 e. The zero-order valence-corrected chi connectivity index (χ0v) is 13.2. The lowest BCUT2D eigenvalue weighted by Crippen LogP contribution is -2.29. The number of amides is 1. The summed E-state index contributed by atoms with van der Waals surface area (Å²) in [5, 5.41) is 8.77. The van der Waals surface area contributed by atoms with E-state index in [0.29, 0.717) is 27.9 Å². The van der Waals surface area contributed by atoms with Crippen LogP contribution in [0.15, 0.2) is 29.2 Å². The first-order valence-electron chi connectivity index (χ1n) is 6.40. The van der Waals surface area contributed by atoms with Crippen LogP contribution in [0.5, 0.6) is 0 Å². The SMILES string of the molecule is COCCCN1C(=O)/C(=C\c2ccc(C#N)cc2)SC1=S. The molecule has 0 bridgehead atoms. The van der Waals surface area contributed by atoms with Crippen LogP contribution < -0.4 is 0 Å². The number of benzene rings is 1. The highest BCUT2D eigenvalue weighted by molar-refractivity contribution is 8.26. The highest BCUT2D eigenvalue weighted by atomic mass is 32.2. The van der Waals surface area contributed by atoms with Crippen molar-refractivity contribution in [1.29, 1.82) is 5.26 Å². The van der Waals surface area contributed by atoms with Gasteiger partial charge in [-0.3, -0.25) is 9.69 Å². The number of methoxy groups -OCH3 is 1. The number of carbonyl (C=O) groups excluding carboxylic acids is 1. The fourth-order valence-corrected chi connectivity index (χ4v) is 3.17. The molecule has 1 saturated heterocycles. The molecule has 0 aromatic heterocycles. The molecule has 1 heterocycles. The molecule has 1 aromatic rings. The molecule has 0 unspecified atom stereocenters. The van der Waals surface area contributed by atoms with Gasteiger partial charge in [0.25, 0.3) is 5.91 Å². The lowest BCUT2D eigenvalue weighted by Gasteiger charge is -2.13. The molecule has 0 spiro atoms. The van der Waals surface area contributed by atoms with E-state index in [9.17, 15) is 4.79 Å². The van der Waals surface area contributed by atoms with Gasteiger partial charge in [-0.15, -0.1) is 0 Å². The van der Waals surface area contributed by atoms with E-state index in [1.54, 1.807) is 30.2 Å². The maximum Gasteiger partial charge on any atom is 0.266 e. The molecule has 1 aliphatic rings. The summed E-state index contributed by atoms with van der Waals surface area (Å²) in [4.78, 5) is 14.5. The normalized spacial score (nSPS) is 16.6. The van der Waals surface area contributed by atoms with Crippen LogP contribution >= 0.6 is 24.0 Å². The van der Waals surface area contributed by atoms with Gasteiger partial charge in [0, 0.05) is 20.3 Å². The van der Waals surface area contributed by atoms with Crippen LogP contribution in [0.4, 0.5) is 0 Å². The van der Waals surface area contributed by atoms with Gasteiger partial charge >= 0.3 is 0 Å². The lowest BCUT2D eigenvalue weighted by atomic mass is 10.1. The van der Waals surface area contributed by atoms with Crippen LogP contribution in [0.2, 0.25) is 0 Å². The molecule has 108 valence electrons. The molecule has 0 N–H and O–H groups in total. The first-order chi connectivity index (χ1) is 10.2. The Kier molecular flexibility index (Phi) is 5.51. The van der Waals surface area contributed by atoms with Crippen molar-refractivity contribution in [3.8, 4) is 6.07 Å². The van der Waals surface area contributed by atoms with Crippen molar-refractivity contribution < 1.29 is 9.53 Å². The van der Waals surface area contributed by atoms with Crippen molar-refractivity contribution >= 4 is 40.3 Å². The third-order valence-corrected chi connectivity index (χ3v) is 4.32. The van der Waals surface area contributed by atoms with Crippen molar-refractivity contribution in [2.75, 3.05) is 20.3 Å². The Morgan fingerprint density at radius 1 is 1.43 bits per heavy atom. The maximum atomic E-state index is 12.3. The molecule has 0 saturated carbocycles. The standard InChI is InChI=1S/C15H14N2O2S2/c1-19-8-2-7-17-14(18)13(21-15(17)20)9-11-3-5-12(10-16)6-4-11/h3-6,9H,2,7-8H2,1H3/b13-9+. The number of thioether (sulfide) groups is 1.